The Labute approximate surface area is 200 Å². The molecule has 1 aromatic carbocycles. The highest BCUT2D eigenvalue weighted by Gasteiger charge is 2.28. The molecule has 4 rings (SSSR count). The van der Waals surface area contributed by atoms with E-state index in [-0.39, 0.29) is 48.0 Å². The molecule has 0 atom stereocenters. The van der Waals surface area contributed by atoms with Crippen LogP contribution >= 0.6 is 0 Å². The normalized spacial score (nSPS) is 15.7. The molecule has 8 nitrogen and oxygen atoms in total. The minimum absolute atomic E-state index is 0.0292. The monoisotopic (exact) mass is 481 g/mol. The number of hydrogen-bond donors (Lipinski definition) is 0. The molecule has 3 heterocycles. The fraction of sp³-hybridized carbons (Fsp3) is 0.286. The number of nitrogens with zero attached hydrogens (tertiary/aromatic N) is 3. The smallest absolute Gasteiger partial charge is 0.255 e. The van der Waals surface area contributed by atoms with E-state index < -0.39 is 9.84 Å². The number of carbonyl (C=O) groups excluding carboxylic acids is 1. The zero-order valence-electron chi connectivity index (χ0n) is 19.2. The van der Waals surface area contributed by atoms with Crippen molar-refractivity contribution in [3.05, 3.63) is 65.3 Å². The highest BCUT2D eigenvalue weighted by molar-refractivity contribution is 7.91. The Bertz CT molecular complexity index is 1280. The van der Waals surface area contributed by atoms with Crippen molar-refractivity contribution in [2.24, 2.45) is 0 Å². The number of pyridine rings is 1. The van der Waals surface area contributed by atoms with Crippen molar-refractivity contribution >= 4 is 39.3 Å². The van der Waals surface area contributed by atoms with Gasteiger partial charge in [0.05, 0.1) is 46.2 Å². The minimum Gasteiger partial charge on any atom is -0.473 e. The molecular formula is C21H23B3FN3O5S. The summed E-state index contributed by atoms with van der Waals surface area (Å²) in [5.41, 5.74) is 2.36. The molecular weight excluding hydrogens is 458 g/mol. The third-order valence-corrected chi connectivity index (χ3v) is 7.18. The Kier molecular flexibility index (Phi) is 6.57. The summed E-state index contributed by atoms with van der Waals surface area (Å²) in [4.78, 5) is 18.4. The number of aromatic nitrogens is 2. The number of rotatable bonds is 6. The van der Waals surface area contributed by atoms with Crippen LogP contribution in [0.4, 0.5) is 4.39 Å². The molecule has 3 aromatic rings. The first kappa shape index (κ1) is 24.1. The van der Waals surface area contributed by atoms with Crippen molar-refractivity contribution in [1.82, 2.24) is 15.0 Å². The molecule has 0 aliphatic carbocycles. The quantitative estimate of drug-likeness (QED) is 0.431. The predicted molar refractivity (Wildman–Crippen MR) is 132 cm³/mol. The van der Waals surface area contributed by atoms with E-state index in [1.807, 2.05) is 23.5 Å². The Hall–Kier alpha value is -3.08. The lowest BCUT2D eigenvalue weighted by molar-refractivity contribution is 0.0769. The summed E-state index contributed by atoms with van der Waals surface area (Å²) in [6.45, 7) is 0.469. The second-order valence-corrected chi connectivity index (χ2v) is 11.5. The largest absolute Gasteiger partial charge is 0.473 e. The first-order valence-electron chi connectivity index (χ1n) is 10.9. The van der Waals surface area contributed by atoms with Crippen LogP contribution in [0.2, 0.25) is 0 Å². The van der Waals surface area contributed by atoms with Gasteiger partial charge in [-0.3, -0.25) is 4.79 Å². The third kappa shape index (κ3) is 5.35. The first-order valence-corrected chi connectivity index (χ1v) is 12.7. The lowest BCUT2D eigenvalue weighted by Gasteiger charge is -2.26. The van der Waals surface area contributed by atoms with Crippen molar-refractivity contribution in [3.63, 3.8) is 0 Å². The van der Waals surface area contributed by atoms with Crippen molar-refractivity contribution < 1.29 is 26.9 Å². The van der Waals surface area contributed by atoms with Crippen LogP contribution in [-0.2, 0) is 21.6 Å². The van der Waals surface area contributed by atoms with Gasteiger partial charge >= 0.3 is 0 Å². The zero-order valence-corrected chi connectivity index (χ0v) is 20.1. The van der Waals surface area contributed by atoms with Gasteiger partial charge in [0.1, 0.15) is 23.9 Å². The number of benzene rings is 1. The van der Waals surface area contributed by atoms with E-state index in [1.165, 1.54) is 23.2 Å². The second-order valence-electron chi connectivity index (χ2n) is 9.21. The van der Waals surface area contributed by atoms with Gasteiger partial charge in [-0.2, -0.15) is 0 Å². The van der Waals surface area contributed by atoms with Crippen molar-refractivity contribution in [2.45, 2.75) is 11.7 Å². The first-order chi connectivity index (χ1) is 16.0. The van der Waals surface area contributed by atoms with Crippen LogP contribution in [0.3, 0.4) is 0 Å². The van der Waals surface area contributed by atoms with Gasteiger partial charge in [0.2, 0.25) is 5.88 Å². The molecule has 1 fully saturated rings. The summed E-state index contributed by atoms with van der Waals surface area (Å²) in [5, 5.41) is 3.87. The molecule has 13 heteroatoms. The van der Waals surface area contributed by atoms with Gasteiger partial charge in [0.25, 0.3) is 5.91 Å². The van der Waals surface area contributed by atoms with Gasteiger partial charge < -0.3 is 14.2 Å². The Morgan fingerprint density at radius 3 is 2.38 bits per heavy atom. The van der Waals surface area contributed by atoms with E-state index in [9.17, 15) is 17.6 Å². The highest BCUT2D eigenvalue weighted by atomic mass is 32.2. The zero-order chi connectivity index (χ0) is 24.5. The number of hydrogen-bond acceptors (Lipinski definition) is 7. The van der Waals surface area contributed by atoms with Crippen LogP contribution in [0.15, 0.2) is 47.1 Å². The van der Waals surface area contributed by atoms with E-state index in [2.05, 4.69) is 10.1 Å². The molecule has 0 bridgehead atoms. The Balaban J connectivity index is 1.50. The fourth-order valence-electron chi connectivity index (χ4n) is 3.70. The molecule has 0 saturated carbocycles. The molecule has 1 amide bonds. The number of carbonyl (C=O) groups is 1. The molecule has 0 spiro atoms. The summed E-state index contributed by atoms with van der Waals surface area (Å²) in [5.74, 6) is 0.298. The van der Waals surface area contributed by atoms with E-state index in [4.69, 9.17) is 9.26 Å². The summed E-state index contributed by atoms with van der Waals surface area (Å²) in [7, 11) is 2.92. The maximum atomic E-state index is 13.4. The van der Waals surface area contributed by atoms with E-state index in [0.717, 1.165) is 5.56 Å². The molecule has 0 N–H and O–H groups in total. The molecule has 1 aliphatic rings. The summed E-state index contributed by atoms with van der Waals surface area (Å²) in [6, 6.07) is 9.19. The molecule has 34 heavy (non-hydrogen) atoms. The number of ether oxygens (including phenoxy) is 1. The lowest BCUT2D eigenvalue weighted by Crippen LogP contribution is -2.43. The van der Waals surface area contributed by atoms with Gasteiger partial charge in [0.15, 0.2) is 9.84 Å². The van der Waals surface area contributed by atoms with Crippen LogP contribution in [0.25, 0.3) is 11.3 Å². The van der Waals surface area contributed by atoms with Crippen molar-refractivity contribution in [3.8, 4) is 17.1 Å². The van der Waals surface area contributed by atoms with Crippen LogP contribution in [-0.4, -0.2) is 77.5 Å². The minimum atomic E-state index is -3.07. The maximum absolute atomic E-state index is 13.4. The Morgan fingerprint density at radius 1 is 1.12 bits per heavy atom. The number of amides is 1. The molecule has 174 valence electrons. The molecule has 0 radical (unpaired) electrons. The average Bonchev–Trinajstić information content (AvgIpc) is 3.23. The van der Waals surface area contributed by atoms with Crippen LogP contribution in [0.1, 0.15) is 21.7 Å². The van der Waals surface area contributed by atoms with Gasteiger partial charge in [0, 0.05) is 30.9 Å². The standard InChI is InChI=1S/C21H23B3FN3O5S/c22-21(23,24)19-16(18(27-33-19)13-1-4-15(25)5-2-13)12-32-17-6-3-14(11-26-17)20(29)28-7-9-34(30,31)10-8-28/h1-6,11H,7-10,12,22-24H2. The van der Waals surface area contributed by atoms with Crippen molar-refractivity contribution in [2.75, 3.05) is 24.6 Å². The fourth-order valence-corrected chi connectivity index (χ4v) is 4.90. The number of sulfone groups is 1. The van der Waals surface area contributed by atoms with Gasteiger partial charge in [-0.05, 0) is 30.3 Å². The average molecular weight is 481 g/mol. The number of halogens is 1. The summed E-state index contributed by atoms with van der Waals surface area (Å²) in [6.07, 6.45) is 1.42. The Morgan fingerprint density at radius 2 is 1.79 bits per heavy atom. The van der Waals surface area contributed by atoms with Gasteiger partial charge in [-0.15, -0.1) is 0 Å². The van der Waals surface area contributed by atoms with Gasteiger partial charge in [-0.1, -0.05) is 10.3 Å². The van der Waals surface area contributed by atoms with E-state index in [0.29, 0.717) is 28.5 Å². The summed E-state index contributed by atoms with van der Waals surface area (Å²) < 4.78 is 48.1. The van der Waals surface area contributed by atoms with Gasteiger partial charge in [-0.25, -0.2) is 17.8 Å². The highest BCUT2D eigenvalue weighted by Crippen LogP contribution is 2.30. The summed E-state index contributed by atoms with van der Waals surface area (Å²) >= 11 is 0. The second kappa shape index (κ2) is 9.29. The lowest BCUT2D eigenvalue weighted by atomic mass is 9.41. The van der Waals surface area contributed by atoms with Crippen molar-refractivity contribution in [1.29, 1.82) is 0 Å². The third-order valence-electron chi connectivity index (χ3n) is 5.57. The SMILES string of the molecule is BC(B)(B)c1onc(-c2ccc(F)cc2)c1COc1ccc(C(=O)N2CCS(=O)(=O)CC2)cn1. The van der Waals surface area contributed by atoms with Crippen LogP contribution in [0.5, 0.6) is 5.88 Å². The molecule has 0 unspecified atom stereocenters. The topological polar surface area (TPSA) is 103 Å². The molecule has 1 aliphatic heterocycles. The van der Waals surface area contributed by atoms with E-state index in [1.54, 1.807) is 24.3 Å². The van der Waals surface area contributed by atoms with Crippen LogP contribution < -0.4 is 4.74 Å². The van der Waals surface area contributed by atoms with Crippen LogP contribution in [0, 0.1) is 5.82 Å². The predicted octanol–water partition coefficient (Wildman–Crippen LogP) is -0.665. The molecule has 2 aromatic heterocycles. The van der Waals surface area contributed by atoms with E-state index >= 15 is 0 Å². The maximum Gasteiger partial charge on any atom is 0.255 e. The molecule has 1 saturated heterocycles.